The third-order valence-corrected chi connectivity index (χ3v) is 4.86. The Balaban J connectivity index is 2.20. The van der Waals surface area contributed by atoms with E-state index in [2.05, 4.69) is 27.7 Å². The molecule has 1 aliphatic rings. The number of nitrogen functional groups attached to an aromatic ring is 1. The van der Waals surface area contributed by atoms with Crippen molar-refractivity contribution in [3.8, 4) is 0 Å². The highest BCUT2D eigenvalue weighted by atomic mass is 16.2. The number of para-hydroxylation sites is 1. The zero-order chi connectivity index (χ0) is 15.6. The smallest absolute Gasteiger partial charge is 0.226 e. The highest BCUT2D eigenvalue weighted by molar-refractivity contribution is 5.80. The van der Waals surface area contributed by atoms with Gasteiger partial charge in [-0.25, -0.2) is 0 Å². The average molecular weight is 288 g/mol. The largest absolute Gasteiger partial charge is 0.398 e. The minimum Gasteiger partial charge on any atom is -0.398 e. The van der Waals surface area contributed by atoms with Gasteiger partial charge in [0.25, 0.3) is 0 Å². The second kappa shape index (κ2) is 6.08. The number of rotatable bonds is 4. The number of hydrogen-bond acceptors (Lipinski definition) is 2. The van der Waals surface area contributed by atoms with Gasteiger partial charge in [0.1, 0.15) is 0 Å². The monoisotopic (exact) mass is 288 g/mol. The van der Waals surface area contributed by atoms with Crippen LogP contribution in [-0.4, -0.2) is 16.8 Å². The van der Waals surface area contributed by atoms with Gasteiger partial charge in [0.15, 0.2) is 0 Å². The Morgan fingerprint density at radius 3 is 2.57 bits per heavy atom. The second-order valence-electron chi connectivity index (χ2n) is 7.19. The first kappa shape index (κ1) is 15.9. The van der Waals surface area contributed by atoms with Gasteiger partial charge in [0.2, 0.25) is 5.91 Å². The number of carbonyl (C=O) groups excluding carboxylic acids is 1. The van der Waals surface area contributed by atoms with Crippen LogP contribution in [0.15, 0.2) is 24.3 Å². The van der Waals surface area contributed by atoms with E-state index in [-0.39, 0.29) is 23.3 Å². The molecule has 1 saturated carbocycles. The SMILES string of the molecule is CC(C)N(Cc1ccccc1N)C(=O)C1CCCC1(C)C. The summed E-state index contributed by atoms with van der Waals surface area (Å²) < 4.78 is 0. The van der Waals surface area contributed by atoms with Crippen LogP contribution in [0.5, 0.6) is 0 Å². The van der Waals surface area contributed by atoms with Crippen LogP contribution in [0.25, 0.3) is 0 Å². The van der Waals surface area contributed by atoms with E-state index in [0.717, 1.165) is 30.5 Å². The molecule has 0 spiro atoms. The van der Waals surface area contributed by atoms with Gasteiger partial charge in [-0.3, -0.25) is 4.79 Å². The molecule has 0 aliphatic heterocycles. The summed E-state index contributed by atoms with van der Waals surface area (Å²) in [5.74, 6) is 0.431. The zero-order valence-corrected chi connectivity index (χ0v) is 13.7. The number of amides is 1. The van der Waals surface area contributed by atoms with Crippen molar-refractivity contribution in [3.63, 3.8) is 0 Å². The van der Waals surface area contributed by atoms with Gasteiger partial charge in [-0.1, -0.05) is 38.5 Å². The average Bonchev–Trinajstić information content (AvgIpc) is 2.76. The molecule has 1 atom stereocenters. The molecular weight excluding hydrogens is 260 g/mol. The summed E-state index contributed by atoms with van der Waals surface area (Å²) in [4.78, 5) is 15.0. The molecule has 0 aromatic heterocycles. The molecule has 1 aliphatic carbocycles. The standard InChI is InChI=1S/C18H28N2O/c1-13(2)20(12-14-8-5-6-10-16(14)19)17(21)15-9-7-11-18(15,3)4/h5-6,8,10,13,15H,7,9,11-12,19H2,1-4H3. The molecule has 116 valence electrons. The van der Waals surface area contributed by atoms with Crippen molar-refractivity contribution < 1.29 is 4.79 Å². The van der Waals surface area contributed by atoms with E-state index in [0.29, 0.717) is 6.54 Å². The maximum Gasteiger partial charge on any atom is 0.226 e. The molecule has 1 fully saturated rings. The Bertz CT molecular complexity index is 508. The summed E-state index contributed by atoms with van der Waals surface area (Å²) in [6.45, 7) is 9.21. The first-order valence-corrected chi connectivity index (χ1v) is 7.97. The van der Waals surface area contributed by atoms with Gasteiger partial charge >= 0.3 is 0 Å². The molecule has 0 bridgehead atoms. The van der Waals surface area contributed by atoms with Crippen LogP contribution in [0, 0.1) is 11.3 Å². The predicted molar refractivity (Wildman–Crippen MR) is 87.7 cm³/mol. The molecule has 1 unspecified atom stereocenters. The summed E-state index contributed by atoms with van der Waals surface area (Å²) in [7, 11) is 0. The number of carbonyl (C=O) groups is 1. The zero-order valence-electron chi connectivity index (χ0n) is 13.7. The minimum absolute atomic E-state index is 0.118. The lowest BCUT2D eigenvalue weighted by atomic mass is 9.81. The molecular formula is C18H28N2O. The van der Waals surface area contributed by atoms with Crippen LogP contribution in [0.1, 0.15) is 52.5 Å². The van der Waals surface area contributed by atoms with Crippen molar-refractivity contribution >= 4 is 11.6 Å². The first-order valence-electron chi connectivity index (χ1n) is 7.97. The van der Waals surface area contributed by atoms with Gasteiger partial charge in [0, 0.05) is 24.2 Å². The number of nitrogens with zero attached hydrogens (tertiary/aromatic N) is 1. The van der Waals surface area contributed by atoms with Gasteiger partial charge in [-0.2, -0.15) is 0 Å². The maximum atomic E-state index is 13.0. The summed E-state index contributed by atoms with van der Waals surface area (Å²) in [6.07, 6.45) is 3.31. The quantitative estimate of drug-likeness (QED) is 0.856. The normalized spacial score (nSPS) is 20.7. The Labute approximate surface area is 128 Å². The van der Waals surface area contributed by atoms with Crippen molar-refractivity contribution in [1.82, 2.24) is 4.90 Å². The van der Waals surface area contributed by atoms with Gasteiger partial charge in [-0.05, 0) is 43.7 Å². The van der Waals surface area contributed by atoms with Crippen molar-refractivity contribution in [3.05, 3.63) is 29.8 Å². The van der Waals surface area contributed by atoms with E-state index < -0.39 is 0 Å². The van der Waals surface area contributed by atoms with E-state index in [1.165, 1.54) is 0 Å². The van der Waals surface area contributed by atoms with Gasteiger partial charge < -0.3 is 10.6 Å². The molecule has 0 saturated heterocycles. The highest BCUT2D eigenvalue weighted by Gasteiger charge is 2.41. The Hall–Kier alpha value is -1.51. The number of anilines is 1. The van der Waals surface area contributed by atoms with Crippen LogP contribution in [0.3, 0.4) is 0 Å². The number of nitrogens with two attached hydrogens (primary N) is 1. The molecule has 2 rings (SSSR count). The molecule has 21 heavy (non-hydrogen) atoms. The van der Waals surface area contributed by atoms with Crippen molar-refractivity contribution in [1.29, 1.82) is 0 Å². The third-order valence-electron chi connectivity index (χ3n) is 4.86. The lowest BCUT2D eigenvalue weighted by molar-refractivity contribution is -0.140. The Morgan fingerprint density at radius 1 is 1.38 bits per heavy atom. The van der Waals surface area contributed by atoms with Crippen molar-refractivity contribution in [2.75, 3.05) is 5.73 Å². The van der Waals surface area contributed by atoms with Crippen molar-refractivity contribution in [2.45, 2.75) is 59.5 Å². The van der Waals surface area contributed by atoms with E-state index >= 15 is 0 Å². The molecule has 2 N–H and O–H groups in total. The van der Waals surface area contributed by atoms with Crippen LogP contribution < -0.4 is 5.73 Å². The van der Waals surface area contributed by atoms with E-state index in [1.54, 1.807) is 0 Å². The molecule has 0 radical (unpaired) electrons. The van der Waals surface area contributed by atoms with Crippen molar-refractivity contribution in [2.24, 2.45) is 11.3 Å². The van der Waals surface area contributed by atoms with Gasteiger partial charge in [0.05, 0.1) is 0 Å². The molecule has 1 aromatic carbocycles. The first-order chi connectivity index (χ1) is 9.83. The number of benzene rings is 1. The lowest BCUT2D eigenvalue weighted by Gasteiger charge is -2.34. The third kappa shape index (κ3) is 3.39. The Kier molecular flexibility index (Phi) is 4.60. The predicted octanol–water partition coefficient (Wildman–Crippen LogP) is 3.83. The fourth-order valence-corrected chi connectivity index (χ4v) is 3.36. The topological polar surface area (TPSA) is 46.3 Å². The molecule has 1 amide bonds. The summed E-state index contributed by atoms with van der Waals surface area (Å²) in [5, 5.41) is 0. The fourth-order valence-electron chi connectivity index (χ4n) is 3.36. The van der Waals surface area contributed by atoms with Crippen LogP contribution in [-0.2, 0) is 11.3 Å². The lowest BCUT2D eigenvalue weighted by Crippen LogP contribution is -2.43. The Morgan fingerprint density at radius 2 is 2.05 bits per heavy atom. The van der Waals surface area contributed by atoms with Crippen LogP contribution >= 0.6 is 0 Å². The second-order valence-corrected chi connectivity index (χ2v) is 7.19. The maximum absolute atomic E-state index is 13.0. The summed E-state index contributed by atoms with van der Waals surface area (Å²) in [6, 6.07) is 8.01. The molecule has 3 heteroatoms. The van der Waals surface area contributed by atoms with Crippen LogP contribution in [0.2, 0.25) is 0 Å². The van der Waals surface area contributed by atoms with E-state index in [1.807, 2.05) is 29.2 Å². The highest BCUT2D eigenvalue weighted by Crippen LogP contribution is 2.43. The minimum atomic E-state index is 0.118. The van der Waals surface area contributed by atoms with Gasteiger partial charge in [-0.15, -0.1) is 0 Å². The van der Waals surface area contributed by atoms with E-state index in [9.17, 15) is 4.79 Å². The molecule has 1 aromatic rings. The fraction of sp³-hybridized carbons (Fsp3) is 0.611. The molecule has 0 heterocycles. The summed E-state index contributed by atoms with van der Waals surface area (Å²) >= 11 is 0. The van der Waals surface area contributed by atoms with E-state index in [4.69, 9.17) is 5.73 Å². The summed E-state index contributed by atoms with van der Waals surface area (Å²) in [5.41, 5.74) is 7.96. The number of hydrogen-bond donors (Lipinski definition) is 1. The molecule has 3 nitrogen and oxygen atoms in total. The van der Waals surface area contributed by atoms with Crippen LogP contribution in [0.4, 0.5) is 5.69 Å².